The Morgan fingerprint density at radius 3 is 2.64 bits per heavy atom. The number of nitrogens with one attached hydrogen (secondary N) is 1. The summed E-state index contributed by atoms with van der Waals surface area (Å²) in [5, 5.41) is 7.04. The summed E-state index contributed by atoms with van der Waals surface area (Å²) in [4.78, 5) is 9.30. The first-order valence-corrected chi connectivity index (χ1v) is 9.29. The number of H-pyrrole nitrogens is 1. The molecule has 1 aromatic carbocycles. The molecule has 0 unspecified atom stereocenters. The molecule has 1 N–H and O–H groups in total. The van der Waals surface area contributed by atoms with Crippen LogP contribution in [0, 0.1) is 0 Å². The maximum atomic E-state index is 5.60. The largest absolute Gasteiger partial charge is 0.380 e. The number of nitrogens with zero attached hydrogens (tertiary/aromatic N) is 4. The second-order valence-corrected chi connectivity index (χ2v) is 7.12. The fourth-order valence-electron chi connectivity index (χ4n) is 4.07. The van der Waals surface area contributed by atoms with Crippen molar-refractivity contribution in [1.82, 2.24) is 20.1 Å². The van der Waals surface area contributed by atoms with Crippen molar-refractivity contribution in [2.75, 3.05) is 31.6 Å². The molecule has 0 amide bonds. The van der Waals surface area contributed by atoms with Crippen LogP contribution in [0.5, 0.6) is 0 Å². The van der Waals surface area contributed by atoms with E-state index in [4.69, 9.17) is 4.74 Å². The maximum Gasteiger partial charge on any atom is 0.141 e. The van der Waals surface area contributed by atoms with Gasteiger partial charge in [-0.3, -0.25) is 10.00 Å². The van der Waals surface area contributed by atoms with E-state index < -0.39 is 0 Å². The lowest BCUT2D eigenvalue weighted by Gasteiger charge is -2.29. The average molecular weight is 341 g/mol. The van der Waals surface area contributed by atoms with Crippen LogP contribution < -0.4 is 4.90 Å². The zero-order valence-electron chi connectivity index (χ0n) is 14.9. The molecule has 0 saturated carbocycles. The molecule has 3 heterocycles. The van der Waals surface area contributed by atoms with E-state index in [9.17, 15) is 0 Å². The summed E-state index contributed by atoms with van der Waals surface area (Å²) in [6.07, 6.45) is 6.79. The van der Waals surface area contributed by atoms with Crippen molar-refractivity contribution in [1.29, 1.82) is 0 Å². The van der Waals surface area contributed by atoms with Gasteiger partial charge in [-0.15, -0.1) is 0 Å². The minimum Gasteiger partial charge on any atom is -0.380 e. The van der Waals surface area contributed by atoms with Gasteiger partial charge < -0.3 is 9.64 Å². The number of benzene rings is 1. The molecule has 6 heteroatoms. The van der Waals surface area contributed by atoms with Crippen molar-refractivity contribution < 1.29 is 4.74 Å². The van der Waals surface area contributed by atoms with E-state index in [0.717, 1.165) is 25.3 Å². The molecule has 2 atom stereocenters. The Morgan fingerprint density at radius 1 is 1.16 bits per heavy atom. The van der Waals surface area contributed by atoms with Gasteiger partial charge >= 0.3 is 0 Å². The first kappa shape index (κ1) is 16.5. The number of methoxy groups -OCH3 is 1. The van der Waals surface area contributed by atoms with Crippen LogP contribution in [0.25, 0.3) is 0 Å². The molecule has 1 aromatic heterocycles. The monoisotopic (exact) mass is 341 g/mol. The Bertz CT molecular complexity index is 651. The molecule has 0 bridgehead atoms. The van der Waals surface area contributed by atoms with Crippen LogP contribution in [0.1, 0.15) is 43.1 Å². The van der Waals surface area contributed by atoms with Crippen molar-refractivity contribution in [2.45, 2.75) is 44.4 Å². The number of rotatable bonds is 5. The molecular formula is C19H27N5O. The van der Waals surface area contributed by atoms with Crippen molar-refractivity contribution in [3.05, 3.63) is 42.0 Å². The van der Waals surface area contributed by atoms with Gasteiger partial charge in [0, 0.05) is 39.0 Å². The van der Waals surface area contributed by atoms with Crippen molar-refractivity contribution in [3.63, 3.8) is 0 Å². The summed E-state index contributed by atoms with van der Waals surface area (Å²) >= 11 is 0. The average Bonchev–Trinajstić information content (AvgIpc) is 3.32. The van der Waals surface area contributed by atoms with Gasteiger partial charge in [0.05, 0.1) is 12.1 Å². The van der Waals surface area contributed by atoms with Crippen molar-refractivity contribution in [3.8, 4) is 0 Å². The molecule has 0 aliphatic carbocycles. The highest BCUT2D eigenvalue weighted by Crippen LogP contribution is 2.32. The van der Waals surface area contributed by atoms with E-state index in [2.05, 4.69) is 49.2 Å². The number of likely N-dealkylation sites (tertiary alicyclic amines) is 1. The van der Waals surface area contributed by atoms with Crippen LogP contribution >= 0.6 is 0 Å². The fraction of sp³-hybridized carbons (Fsp3) is 0.579. The summed E-state index contributed by atoms with van der Waals surface area (Å²) in [7, 11) is 1.79. The Morgan fingerprint density at radius 2 is 1.96 bits per heavy atom. The minimum absolute atomic E-state index is 0.245. The lowest BCUT2D eigenvalue weighted by atomic mass is 10.1. The molecule has 6 nitrogen and oxygen atoms in total. The van der Waals surface area contributed by atoms with E-state index in [1.165, 1.54) is 43.6 Å². The van der Waals surface area contributed by atoms with Gasteiger partial charge in [0.15, 0.2) is 0 Å². The molecule has 25 heavy (non-hydrogen) atoms. The molecule has 0 spiro atoms. The summed E-state index contributed by atoms with van der Waals surface area (Å²) < 4.78 is 5.60. The summed E-state index contributed by atoms with van der Waals surface area (Å²) in [5.41, 5.74) is 2.69. The van der Waals surface area contributed by atoms with Crippen LogP contribution in [0.2, 0.25) is 0 Å². The number of hydrogen-bond donors (Lipinski definition) is 1. The Hall–Kier alpha value is -1.92. The van der Waals surface area contributed by atoms with Crippen LogP contribution in [-0.2, 0) is 11.3 Å². The smallest absolute Gasteiger partial charge is 0.141 e. The number of aromatic amines is 1. The number of anilines is 1. The number of hydrogen-bond acceptors (Lipinski definition) is 5. The quantitative estimate of drug-likeness (QED) is 0.906. The van der Waals surface area contributed by atoms with E-state index in [0.29, 0.717) is 0 Å². The van der Waals surface area contributed by atoms with Crippen molar-refractivity contribution in [2.24, 2.45) is 0 Å². The van der Waals surface area contributed by atoms with Gasteiger partial charge in [-0.25, -0.2) is 4.98 Å². The Balaban J connectivity index is 1.44. The van der Waals surface area contributed by atoms with E-state index in [-0.39, 0.29) is 12.1 Å². The van der Waals surface area contributed by atoms with Crippen LogP contribution in [-0.4, -0.2) is 52.9 Å². The molecule has 2 aromatic rings. The predicted octanol–water partition coefficient (Wildman–Crippen LogP) is 2.76. The summed E-state index contributed by atoms with van der Waals surface area (Å²) in [5.74, 6) is 0.935. The zero-order chi connectivity index (χ0) is 17.1. The summed E-state index contributed by atoms with van der Waals surface area (Å²) in [6, 6.07) is 9.32. The third-order valence-corrected chi connectivity index (χ3v) is 5.49. The molecule has 2 aliphatic rings. The van der Waals surface area contributed by atoms with Crippen LogP contribution in [0.4, 0.5) is 5.69 Å². The highest BCUT2D eigenvalue weighted by Gasteiger charge is 2.34. The second kappa shape index (κ2) is 7.54. The normalized spacial score (nSPS) is 24.8. The number of ether oxygens (including phenoxy) is 1. The third-order valence-electron chi connectivity index (χ3n) is 5.49. The topological polar surface area (TPSA) is 57.3 Å². The fourth-order valence-corrected chi connectivity index (χ4v) is 4.07. The Kier molecular flexibility index (Phi) is 4.99. The highest BCUT2D eigenvalue weighted by atomic mass is 16.5. The minimum atomic E-state index is 0.245. The molecule has 2 saturated heterocycles. The van der Waals surface area contributed by atoms with E-state index >= 15 is 0 Å². The SMILES string of the molecule is CO[C@@H]1C[C@@H](c2ncn[nH]2)N(Cc2ccc(N3CCCCC3)cc2)C1. The van der Waals surface area contributed by atoms with Gasteiger partial charge in [0.2, 0.25) is 0 Å². The Labute approximate surface area is 149 Å². The lowest BCUT2D eigenvalue weighted by Crippen LogP contribution is -2.29. The predicted molar refractivity (Wildman–Crippen MR) is 97.5 cm³/mol. The number of aromatic nitrogens is 3. The second-order valence-electron chi connectivity index (χ2n) is 7.12. The lowest BCUT2D eigenvalue weighted by molar-refractivity contribution is 0.107. The molecule has 2 aliphatic heterocycles. The first-order valence-electron chi connectivity index (χ1n) is 9.29. The van der Waals surface area contributed by atoms with E-state index in [1.807, 2.05) is 0 Å². The van der Waals surface area contributed by atoms with Crippen LogP contribution in [0.3, 0.4) is 0 Å². The summed E-state index contributed by atoms with van der Waals surface area (Å²) in [6.45, 7) is 4.21. The van der Waals surface area contributed by atoms with Gasteiger partial charge in [0.1, 0.15) is 12.2 Å². The molecular weight excluding hydrogens is 314 g/mol. The van der Waals surface area contributed by atoms with Gasteiger partial charge in [0.25, 0.3) is 0 Å². The number of piperidine rings is 1. The maximum absolute atomic E-state index is 5.60. The highest BCUT2D eigenvalue weighted by molar-refractivity contribution is 5.47. The van der Waals surface area contributed by atoms with E-state index in [1.54, 1.807) is 13.4 Å². The third kappa shape index (κ3) is 3.70. The molecule has 0 radical (unpaired) electrons. The molecule has 2 fully saturated rings. The van der Waals surface area contributed by atoms with Gasteiger partial charge in [-0.2, -0.15) is 5.10 Å². The van der Waals surface area contributed by atoms with Gasteiger partial charge in [-0.1, -0.05) is 12.1 Å². The molecule has 134 valence electrons. The first-order chi connectivity index (χ1) is 12.3. The van der Waals surface area contributed by atoms with Gasteiger partial charge in [-0.05, 0) is 43.4 Å². The standard InChI is InChI=1S/C19H27N5O/c1-25-17-11-18(19-20-14-21-22-19)24(13-17)12-15-5-7-16(8-6-15)23-9-3-2-4-10-23/h5-8,14,17-18H,2-4,9-13H2,1H3,(H,20,21,22)/t17-,18+/m1/s1. The zero-order valence-corrected chi connectivity index (χ0v) is 14.9. The molecule has 4 rings (SSSR count). The van der Waals surface area contributed by atoms with Crippen LogP contribution in [0.15, 0.2) is 30.6 Å². The van der Waals surface area contributed by atoms with Crippen molar-refractivity contribution >= 4 is 5.69 Å².